The SMILES string of the molecule is CNCC12CC(C(F)(F)F)(CO1)C2.Cl. The smallest absolute Gasteiger partial charge is 0.373 e. The van der Waals surface area contributed by atoms with Crippen LogP contribution in [-0.2, 0) is 4.74 Å². The minimum absolute atomic E-state index is 0. The number of ether oxygens (including phenoxy) is 1. The van der Waals surface area contributed by atoms with Gasteiger partial charge in [-0.3, -0.25) is 0 Å². The Labute approximate surface area is 86.6 Å². The highest BCUT2D eigenvalue weighted by molar-refractivity contribution is 5.85. The highest BCUT2D eigenvalue weighted by Crippen LogP contribution is 2.64. The predicted molar refractivity (Wildman–Crippen MR) is 47.6 cm³/mol. The summed E-state index contributed by atoms with van der Waals surface area (Å²) in [5.41, 5.74) is -2.05. The summed E-state index contributed by atoms with van der Waals surface area (Å²) in [6.45, 7) is 0.364. The third-order valence-electron chi connectivity index (χ3n) is 3.08. The Morgan fingerprint density at radius 3 is 2.29 bits per heavy atom. The number of halogens is 4. The largest absolute Gasteiger partial charge is 0.396 e. The number of alkyl halides is 3. The van der Waals surface area contributed by atoms with Crippen LogP contribution in [0.15, 0.2) is 0 Å². The molecule has 3 rings (SSSR count). The summed E-state index contributed by atoms with van der Waals surface area (Å²) in [5.74, 6) is 0. The number of fused-ring (bicyclic) bond motifs is 1. The van der Waals surface area contributed by atoms with E-state index in [4.69, 9.17) is 4.74 Å². The Balaban J connectivity index is 0.000000980. The number of likely N-dealkylation sites (N-methyl/N-ethyl adjacent to an activating group) is 1. The predicted octanol–water partition coefficient (Wildman–Crippen LogP) is 1.74. The quantitative estimate of drug-likeness (QED) is 0.782. The molecule has 1 aliphatic carbocycles. The molecule has 14 heavy (non-hydrogen) atoms. The summed E-state index contributed by atoms with van der Waals surface area (Å²) in [5, 5.41) is 2.86. The van der Waals surface area contributed by atoms with E-state index in [1.165, 1.54) is 0 Å². The van der Waals surface area contributed by atoms with Crippen molar-refractivity contribution in [2.45, 2.75) is 24.6 Å². The lowest BCUT2D eigenvalue weighted by atomic mass is 9.62. The fourth-order valence-corrected chi connectivity index (χ4v) is 2.46. The zero-order chi connectivity index (χ0) is 9.74. The summed E-state index contributed by atoms with van der Waals surface area (Å²) in [6, 6.07) is 0. The van der Waals surface area contributed by atoms with Crippen LogP contribution in [0.1, 0.15) is 12.8 Å². The molecule has 1 saturated carbocycles. The van der Waals surface area contributed by atoms with Gasteiger partial charge in [-0.05, 0) is 19.9 Å². The maximum absolute atomic E-state index is 12.5. The van der Waals surface area contributed by atoms with E-state index in [1.807, 2.05) is 0 Å². The van der Waals surface area contributed by atoms with E-state index in [0.29, 0.717) is 6.54 Å². The third-order valence-corrected chi connectivity index (χ3v) is 3.08. The van der Waals surface area contributed by atoms with E-state index in [1.54, 1.807) is 7.05 Å². The molecule has 0 spiro atoms. The van der Waals surface area contributed by atoms with Crippen LogP contribution in [0.5, 0.6) is 0 Å². The maximum atomic E-state index is 12.5. The summed E-state index contributed by atoms with van der Waals surface area (Å²) in [7, 11) is 1.73. The number of rotatable bonds is 2. The molecule has 2 nitrogen and oxygen atoms in total. The molecule has 6 heteroatoms. The first-order chi connectivity index (χ1) is 5.93. The minimum atomic E-state index is -4.10. The van der Waals surface area contributed by atoms with E-state index in [9.17, 15) is 13.2 Å². The fourth-order valence-electron chi connectivity index (χ4n) is 2.46. The van der Waals surface area contributed by atoms with Crippen molar-refractivity contribution in [3.8, 4) is 0 Å². The molecule has 1 N–H and O–H groups in total. The molecule has 2 heterocycles. The van der Waals surface area contributed by atoms with Gasteiger partial charge in [0.2, 0.25) is 0 Å². The minimum Gasteiger partial charge on any atom is -0.373 e. The van der Waals surface area contributed by atoms with Gasteiger partial charge >= 0.3 is 6.18 Å². The van der Waals surface area contributed by atoms with Crippen LogP contribution >= 0.6 is 12.4 Å². The molecular weight excluding hydrogens is 219 g/mol. The lowest BCUT2D eigenvalue weighted by Crippen LogP contribution is -2.55. The molecule has 0 atom stereocenters. The standard InChI is InChI=1S/C8H12F3NO.ClH/c1-12-4-7-2-6(3-7,5-13-7)8(9,10)11;/h12H,2-5H2,1H3;1H. The van der Waals surface area contributed by atoms with Gasteiger partial charge in [0.15, 0.2) is 0 Å². The van der Waals surface area contributed by atoms with Crippen molar-refractivity contribution in [3.05, 3.63) is 0 Å². The zero-order valence-electron chi connectivity index (χ0n) is 7.78. The molecule has 2 aliphatic heterocycles. The van der Waals surface area contributed by atoms with E-state index in [0.717, 1.165) is 0 Å². The zero-order valence-corrected chi connectivity index (χ0v) is 8.60. The van der Waals surface area contributed by atoms with Crippen LogP contribution in [-0.4, -0.2) is 32.0 Å². The summed E-state index contributed by atoms with van der Waals surface area (Å²) < 4.78 is 42.7. The van der Waals surface area contributed by atoms with E-state index in [-0.39, 0.29) is 31.9 Å². The molecule has 2 saturated heterocycles. The second kappa shape index (κ2) is 3.25. The van der Waals surface area contributed by atoms with Gasteiger partial charge in [0.05, 0.1) is 17.6 Å². The Kier molecular flexibility index (Phi) is 2.80. The molecule has 2 bridgehead atoms. The lowest BCUT2D eigenvalue weighted by Gasteiger charge is -2.45. The Bertz CT molecular complexity index is 225. The first kappa shape index (κ1) is 12.1. The molecule has 0 unspecified atom stereocenters. The first-order valence-corrected chi connectivity index (χ1v) is 4.28. The van der Waals surface area contributed by atoms with Crippen LogP contribution in [0.25, 0.3) is 0 Å². The second-order valence-corrected chi connectivity index (χ2v) is 4.13. The average molecular weight is 232 g/mol. The van der Waals surface area contributed by atoms with Gasteiger partial charge in [-0.25, -0.2) is 0 Å². The second-order valence-electron chi connectivity index (χ2n) is 4.13. The van der Waals surface area contributed by atoms with Crippen LogP contribution in [0, 0.1) is 5.41 Å². The highest BCUT2D eigenvalue weighted by Gasteiger charge is 2.73. The molecule has 0 aromatic rings. The summed E-state index contributed by atoms with van der Waals surface area (Å²) in [6.07, 6.45) is -3.84. The van der Waals surface area contributed by atoms with Crippen LogP contribution in [0.4, 0.5) is 13.2 Å². The van der Waals surface area contributed by atoms with Crippen molar-refractivity contribution in [1.82, 2.24) is 5.32 Å². The molecule has 84 valence electrons. The van der Waals surface area contributed by atoms with Crippen molar-refractivity contribution in [2.75, 3.05) is 20.2 Å². The molecule has 0 aromatic carbocycles. The summed E-state index contributed by atoms with van der Waals surface area (Å²) >= 11 is 0. The number of hydrogen-bond acceptors (Lipinski definition) is 2. The normalized spacial score (nSPS) is 40.3. The van der Waals surface area contributed by atoms with Crippen molar-refractivity contribution >= 4 is 12.4 Å². The maximum Gasteiger partial charge on any atom is 0.396 e. The van der Waals surface area contributed by atoms with Crippen molar-refractivity contribution in [2.24, 2.45) is 5.41 Å². The third kappa shape index (κ3) is 1.42. The Morgan fingerprint density at radius 2 is 1.93 bits per heavy atom. The van der Waals surface area contributed by atoms with Gasteiger partial charge in [-0.15, -0.1) is 12.4 Å². The van der Waals surface area contributed by atoms with Gasteiger partial charge < -0.3 is 10.1 Å². The van der Waals surface area contributed by atoms with E-state index in [2.05, 4.69) is 5.32 Å². The monoisotopic (exact) mass is 231 g/mol. The van der Waals surface area contributed by atoms with Crippen molar-refractivity contribution in [1.29, 1.82) is 0 Å². The van der Waals surface area contributed by atoms with Crippen molar-refractivity contribution < 1.29 is 17.9 Å². The first-order valence-electron chi connectivity index (χ1n) is 4.28. The van der Waals surface area contributed by atoms with Gasteiger partial charge in [-0.2, -0.15) is 13.2 Å². The lowest BCUT2D eigenvalue weighted by molar-refractivity contribution is -0.243. The molecule has 3 aliphatic rings. The van der Waals surface area contributed by atoms with E-state index >= 15 is 0 Å². The van der Waals surface area contributed by atoms with Crippen molar-refractivity contribution in [3.63, 3.8) is 0 Å². The van der Waals surface area contributed by atoms with Crippen LogP contribution in [0.2, 0.25) is 0 Å². The number of hydrogen-bond donors (Lipinski definition) is 1. The Hall–Kier alpha value is 0. The molecule has 3 fully saturated rings. The number of nitrogens with one attached hydrogen (secondary N) is 1. The van der Waals surface area contributed by atoms with Gasteiger partial charge in [-0.1, -0.05) is 0 Å². The Morgan fingerprint density at radius 1 is 1.36 bits per heavy atom. The summed E-state index contributed by atoms with van der Waals surface area (Å²) in [4.78, 5) is 0. The van der Waals surface area contributed by atoms with Gasteiger partial charge in [0.1, 0.15) is 0 Å². The fraction of sp³-hybridized carbons (Fsp3) is 1.00. The molecular formula is C8H13ClF3NO. The van der Waals surface area contributed by atoms with Crippen LogP contribution in [0.3, 0.4) is 0 Å². The molecule has 0 amide bonds. The topological polar surface area (TPSA) is 21.3 Å². The van der Waals surface area contributed by atoms with Gasteiger partial charge in [0, 0.05) is 6.54 Å². The average Bonchev–Trinajstić information content (AvgIpc) is 2.40. The van der Waals surface area contributed by atoms with E-state index < -0.39 is 17.2 Å². The molecule has 0 aromatic heterocycles. The van der Waals surface area contributed by atoms with Crippen LogP contribution < -0.4 is 5.32 Å². The van der Waals surface area contributed by atoms with Gasteiger partial charge in [0.25, 0.3) is 0 Å². The highest BCUT2D eigenvalue weighted by atomic mass is 35.5. The molecule has 0 radical (unpaired) electrons.